The summed E-state index contributed by atoms with van der Waals surface area (Å²) in [4.78, 5) is 14.5. The van der Waals surface area contributed by atoms with Gasteiger partial charge in [-0.05, 0) is 13.0 Å². The van der Waals surface area contributed by atoms with Crippen molar-refractivity contribution in [2.24, 2.45) is 5.10 Å². The molecule has 0 saturated heterocycles. The molecule has 0 fully saturated rings. The molecule has 1 aromatic carbocycles. The summed E-state index contributed by atoms with van der Waals surface area (Å²) < 4.78 is 0. The lowest BCUT2D eigenvalue weighted by atomic mass is 10.2. The number of hydrogen-bond donors (Lipinski definition) is 1. The third-order valence-electron chi connectivity index (χ3n) is 2.12. The number of nitro benzene ring substituents is 1. The number of nitrogens with zero attached hydrogens (tertiary/aromatic N) is 3. The van der Waals surface area contributed by atoms with E-state index in [9.17, 15) is 10.1 Å². The number of aromatic nitrogens is 1. The zero-order valence-corrected chi connectivity index (χ0v) is 10.3. The van der Waals surface area contributed by atoms with Crippen LogP contribution in [0.1, 0.15) is 11.3 Å². The van der Waals surface area contributed by atoms with Crippen LogP contribution in [-0.2, 0) is 0 Å². The monoisotopic (exact) mass is 262 g/mol. The predicted molar refractivity (Wildman–Crippen MR) is 71.2 cm³/mol. The molecule has 18 heavy (non-hydrogen) atoms. The Bertz CT molecular complexity index is 594. The van der Waals surface area contributed by atoms with Crippen molar-refractivity contribution >= 4 is 28.4 Å². The Balaban J connectivity index is 2.11. The van der Waals surface area contributed by atoms with E-state index >= 15 is 0 Å². The molecule has 7 heteroatoms. The van der Waals surface area contributed by atoms with Crippen LogP contribution < -0.4 is 5.43 Å². The zero-order valence-electron chi connectivity index (χ0n) is 9.53. The molecule has 92 valence electrons. The molecule has 0 spiro atoms. The number of nitrogens with one attached hydrogen (secondary N) is 1. The summed E-state index contributed by atoms with van der Waals surface area (Å²) in [6, 6.07) is 6.42. The van der Waals surface area contributed by atoms with Crippen LogP contribution in [0.25, 0.3) is 0 Å². The fraction of sp³-hybridized carbons (Fsp3) is 0.0909. The Labute approximate surface area is 107 Å². The van der Waals surface area contributed by atoms with Crippen LogP contribution in [0.5, 0.6) is 0 Å². The average molecular weight is 262 g/mol. The second-order valence-corrected chi connectivity index (χ2v) is 4.34. The number of anilines is 1. The van der Waals surface area contributed by atoms with E-state index in [0.717, 1.165) is 5.69 Å². The molecule has 0 unspecified atom stereocenters. The summed E-state index contributed by atoms with van der Waals surface area (Å²) >= 11 is 1.43. The summed E-state index contributed by atoms with van der Waals surface area (Å²) in [5.41, 5.74) is 4.11. The molecule has 2 rings (SSSR count). The van der Waals surface area contributed by atoms with E-state index in [4.69, 9.17) is 0 Å². The van der Waals surface area contributed by atoms with Crippen LogP contribution >= 0.6 is 11.3 Å². The number of thiazole rings is 1. The first-order valence-corrected chi connectivity index (χ1v) is 5.99. The Morgan fingerprint density at radius 3 is 2.94 bits per heavy atom. The van der Waals surface area contributed by atoms with Crippen LogP contribution in [0.15, 0.2) is 34.7 Å². The van der Waals surface area contributed by atoms with Crippen molar-refractivity contribution in [2.75, 3.05) is 5.43 Å². The van der Waals surface area contributed by atoms with Crippen LogP contribution in [0, 0.1) is 17.0 Å². The van der Waals surface area contributed by atoms with Gasteiger partial charge in [0.2, 0.25) is 5.13 Å². The Kier molecular flexibility index (Phi) is 3.63. The lowest BCUT2D eigenvalue weighted by molar-refractivity contribution is -0.385. The largest absolute Gasteiger partial charge is 0.278 e. The number of benzene rings is 1. The smallest absolute Gasteiger partial charge is 0.258 e. The molecule has 1 N–H and O–H groups in total. The number of rotatable bonds is 4. The standard InChI is InChI=1S/C11H10N4O2S/c1-8-7-18-11(13-8)14-12-6-9-4-2-3-5-10(9)15(16)17/h2-7H,1H3,(H,13,14)/b12-6+. The first-order chi connectivity index (χ1) is 8.66. The second kappa shape index (κ2) is 5.37. The van der Waals surface area contributed by atoms with Crippen LogP contribution in [0.2, 0.25) is 0 Å². The first-order valence-electron chi connectivity index (χ1n) is 5.11. The van der Waals surface area contributed by atoms with E-state index in [1.54, 1.807) is 18.2 Å². The van der Waals surface area contributed by atoms with Gasteiger partial charge < -0.3 is 0 Å². The zero-order chi connectivity index (χ0) is 13.0. The van der Waals surface area contributed by atoms with Gasteiger partial charge in [0.05, 0.1) is 22.4 Å². The fourth-order valence-electron chi connectivity index (χ4n) is 1.33. The molecule has 0 bridgehead atoms. The highest BCUT2D eigenvalue weighted by atomic mass is 32.1. The van der Waals surface area contributed by atoms with Crippen molar-refractivity contribution in [1.29, 1.82) is 0 Å². The molecule has 6 nitrogen and oxygen atoms in total. The summed E-state index contributed by atoms with van der Waals surface area (Å²) in [7, 11) is 0. The van der Waals surface area contributed by atoms with Crippen LogP contribution in [-0.4, -0.2) is 16.1 Å². The molecule has 0 radical (unpaired) electrons. The number of nitro groups is 1. The van der Waals surface area contributed by atoms with Gasteiger partial charge in [-0.3, -0.25) is 15.5 Å². The minimum atomic E-state index is -0.436. The highest BCUT2D eigenvalue weighted by Gasteiger charge is 2.09. The Hall–Kier alpha value is -2.28. The third-order valence-corrected chi connectivity index (χ3v) is 2.98. The van der Waals surface area contributed by atoms with Crippen LogP contribution in [0.3, 0.4) is 0 Å². The number of para-hydroxylation sites is 1. The van der Waals surface area contributed by atoms with Gasteiger partial charge in [0.25, 0.3) is 5.69 Å². The van der Waals surface area contributed by atoms with Gasteiger partial charge in [-0.25, -0.2) is 4.98 Å². The molecule has 0 amide bonds. The van der Waals surface area contributed by atoms with Gasteiger partial charge in [0, 0.05) is 11.4 Å². The average Bonchev–Trinajstić information content (AvgIpc) is 2.75. The molecule has 1 aromatic heterocycles. The van der Waals surface area contributed by atoms with E-state index in [0.29, 0.717) is 10.7 Å². The summed E-state index contributed by atoms with van der Waals surface area (Å²) in [5.74, 6) is 0. The van der Waals surface area contributed by atoms with Gasteiger partial charge in [-0.1, -0.05) is 12.1 Å². The molecular weight excluding hydrogens is 252 g/mol. The normalized spacial score (nSPS) is 10.7. The molecule has 0 aliphatic heterocycles. The van der Waals surface area contributed by atoms with Gasteiger partial charge in [0.1, 0.15) is 0 Å². The summed E-state index contributed by atoms with van der Waals surface area (Å²) in [6.07, 6.45) is 1.41. The number of hydrogen-bond acceptors (Lipinski definition) is 6. The van der Waals surface area contributed by atoms with Gasteiger partial charge in [-0.2, -0.15) is 5.10 Å². The van der Waals surface area contributed by atoms with Crippen LogP contribution in [0.4, 0.5) is 10.8 Å². The minimum absolute atomic E-state index is 0.0263. The van der Waals surface area contributed by atoms with Crippen molar-refractivity contribution in [3.05, 3.63) is 51.0 Å². The van der Waals surface area contributed by atoms with Crippen molar-refractivity contribution in [1.82, 2.24) is 4.98 Å². The lowest BCUT2D eigenvalue weighted by Crippen LogP contribution is -1.95. The second-order valence-electron chi connectivity index (χ2n) is 3.48. The molecule has 0 aliphatic carbocycles. The molecule has 0 atom stereocenters. The highest BCUT2D eigenvalue weighted by Crippen LogP contribution is 2.16. The van der Waals surface area contributed by atoms with Gasteiger partial charge in [-0.15, -0.1) is 11.3 Å². The maximum Gasteiger partial charge on any atom is 0.278 e. The minimum Gasteiger partial charge on any atom is -0.258 e. The lowest BCUT2D eigenvalue weighted by Gasteiger charge is -1.96. The van der Waals surface area contributed by atoms with Crippen molar-refractivity contribution in [3.8, 4) is 0 Å². The predicted octanol–water partition coefficient (Wildman–Crippen LogP) is 2.81. The fourth-order valence-corrected chi connectivity index (χ4v) is 1.96. The first kappa shape index (κ1) is 12.2. The Morgan fingerprint density at radius 2 is 2.28 bits per heavy atom. The molecular formula is C11H10N4O2S. The SMILES string of the molecule is Cc1csc(N/N=C/c2ccccc2[N+](=O)[O-])n1. The van der Waals surface area contributed by atoms with E-state index in [2.05, 4.69) is 15.5 Å². The Morgan fingerprint density at radius 1 is 1.50 bits per heavy atom. The molecule has 0 aliphatic rings. The van der Waals surface area contributed by atoms with E-state index < -0.39 is 4.92 Å². The van der Waals surface area contributed by atoms with E-state index in [1.165, 1.54) is 23.6 Å². The molecule has 1 heterocycles. The highest BCUT2D eigenvalue weighted by molar-refractivity contribution is 7.13. The topological polar surface area (TPSA) is 80.4 Å². The summed E-state index contributed by atoms with van der Waals surface area (Å²) in [5, 5.41) is 17.3. The third kappa shape index (κ3) is 2.89. The number of aryl methyl sites for hydroxylation is 1. The van der Waals surface area contributed by atoms with E-state index in [-0.39, 0.29) is 5.69 Å². The van der Waals surface area contributed by atoms with Gasteiger partial charge >= 0.3 is 0 Å². The van der Waals surface area contributed by atoms with Crippen molar-refractivity contribution < 1.29 is 4.92 Å². The van der Waals surface area contributed by atoms with Gasteiger partial charge in [0.15, 0.2) is 0 Å². The number of hydrazone groups is 1. The quantitative estimate of drug-likeness (QED) is 0.522. The van der Waals surface area contributed by atoms with Crippen molar-refractivity contribution in [3.63, 3.8) is 0 Å². The van der Waals surface area contributed by atoms with Crippen molar-refractivity contribution in [2.45, 2.75) is 6.92 Å². The molecule has 2 aromatic rings. The van der Waals surface area contributed by atoms with E-state index in [1.807, 2.05) is 12.3 Å². The molecule has 0 saturated carbocycles. The summed E-state index contributed by atoms with van der Waals surface area (Å²) in [6.45, 7) is 1.88. The maximum absolute atomic E-state index is 10.8. The maximum atomic E-state index is 10.8.